The molecule has 1 aliphatic carbocycles. The Morgan fingerprint density at radius 1 is 1.40 bits per heavy atom. The normalized spacial score (nSPS) is 16.6. The number of nitrogens with one attached hydrogen (secondary N) is 1. The number of hydrogen-bond acceptors (Lipinski definition) is 3. The van der Waals surface area contributed by atoms with Crippen LogP contribution < -0.4 is 5.32 Å². The highest BCUT2D eigenvalue weighted by atomic mass is 19.1. The minimum absolute atomic E-state index is 0.207. The summed E-state index contributed by atoms with van der Waals surface area (Å²) in [7, 11) is 1.95. The summed E-state index contributed by atoms with van der Waals surface area (Å²) in [6, 6.07) is 4.28. The van der Waals surface area contributed by atoms with Crippen molar-refractivity contribution in [1.29, 1.82) is 0 Å². The van der Waals surface area contributed by atoms with E-state index < -0.39 is 0 Å². The second kappa shape index (κ2) is 7.70. The van der Waals surface area contributed by atoms with Gasteiger partial charge >= 0.3 is 0 Å². The number of pyridine rings is 1. The molecule has 1 atom stereocenters. The summed E-state index contributed by atoms with van der Waals surface area (Å²) in [5.74, 6) is -0.272. The van der Waals surface area contributed by atoms with E-state index in [1.807, 2.05) is 7.05 Å². The third-order valence-electron chi connectivity index (χ3n) is 4.02. The lowest BCUT2D eigenvalue weighted by molar-refractivity contribution is 0.244. The van der Waals surface area contributed by atoms with E-state index >= 15 is 0 Å². The number of halogens is 1. The Balaban J connectivity index is 1.87. The number of aromatic nitrogens is 1. The van der Waals surface area contributed by atoms with Crippen molar-refractivity contribution >= 4 is 0 Å². The number of rotatable bonds is 9. The maximum atomic E-state index is 12.9. The number of unbranched alkanes of at least 4 members (excludes halogenated alkanes) is 1. The minimum atomic E-state index is -0.272. The van der Waals surface area contributed by atoms with Gasteiger partial charge in [-0.15, -0.1) is 0 Å². The van der Waals surface area contributed by atoms with Gasteiger partial charge in [0.2, 0.25) is 0 Å². The van der Waals surface area contributed by atoms with Gasteiger partial charge in [0, 0.05) is 12.6 Å². The first-order chi connectivity index (χ1) is 9.74. The van der Waals surface area contributed by atoms with Crippen LogP contribution in [0.3, 0.4) is 0 Å². The monoisotopic (exact) mass is 279 g/mol. The molecule has 1 aliphatic rings. The van der Waals surface area contributed by atoms with E-state index in [9.17, 15) is 4.39 Å². The molecule has 3 nitrogen and oxygen atoms in total. The molecule has 1 heterocycles. The molecule has 0 bridgehead atoms. The molecular weight excluding hydrogens is 253 g/mol. The quantitative estimate of drug-likeness (QED) is 0.752. The molecule has 112 valence electrons. The molecule has 1 aromatic heterocycles. The van der Waals surface area contributed by atoms with Crippen LogP contribution >= 0.6 is 0 Å². The van der Waals surface area contributed by atoms with Crippen molar-refractivity contribution in [1.82, 2.24) is 15.2 Å². The van der Waals surface area contributed by atoms with Gasteiger partial charge in [-0.1, -0.05) is 13.3 Å². The van der Waals surface area contributed by atoms with Crippen molar-refractivity contribution in [2.24, 2.45) is 0 Å². The zero-order chi connectivity index (χ0) is 14.4. The Morgan fingerprint density at radius 2 is 2.20 bits per heavy atom. The maximum Gasteiger partial charge on any atom is 0.141 e. The predicted octanol–water partition coefficient (Wildman–Crippen LogP) is 3.14. The van der Waals surface area contributed by atoms with Crippen LogP contribution in [0.5, 0.6) is 0 Å². The second-order valence-corrected chi connectivity index (χ2v) is 5.65. The summed E-state index contributed by atoms with van der Waals surface area (Å²) >= 11 is 0. The Labute approximate surface area is 121 Å². The van der Waals surface area contributed by atoms with Gasteiger partial charge in [0.1, 0.15) is 5.82 Å². The van der Waals surface area contributed by atoms with E-state index in [-0.39, 0.29) is 11.9 Å². The van der Waals surface area contributed by atoms with E-state index in [1.54, 1.807) is 6.07 Å². The smallest absolute Gasteiger partial charge is 0.141 e. The fourth-order valence-corrected chi connectivity index (χ4v) is 2.61. The zero-order valence-electron chi connectivity index (χ0n) is 12.6. The summed E-state index contributed by atoms with van der Waals surface area (Å²) in [5.41, 5.74) is 0.931. The zero-order valence-corrected chi connectivity index (χ0v) is 12.6. The lowest BCUT2D eigenvalue weighted by Crippen LogP contribution is -2.31. The molecule has 0 radical (unpaired) electrons. The van der Waals surface area contributed by atoms with E-state index in [0.29, 0.717) is 0 Å². The van der Waals surface area contributed by atoms with Gasteiger partial charge in [-0.25, -0.2) is 4.39 Å². The molecule has 0 spiro atoms. The lowest BCUT2D eigenvalue weighted by atomic mass is 10.1. The van der Waals surface area contributed by atoms with E-state index in [1.165, 1.54) is 44.5 Å². The number of hydrogen-bond donors (Lipinski definition) is 1. The van der Waals surface area contributed by atoms with Gasteiger partial charge in [0.15, 0.2) is 0 Å². The fraction of sp³-hybridized carbons (Fsp3) is 0.688. The Bertz CT molecular complexity index is 389. The van der Waals surface area contributed by atoms with Crippen molar-refractivity contribution in [3.05, 3.63) is 29.8 Å². The third-order valence-corrected chi connectivity index (χ3v) is 4.02. The first-order valence-electron chi connectivity index (χ1n) is 7.77. The van der Waals surface area contributed by atoms with Crippen LogP contribution in [0, 0.1) is 5.82 Å². The average molecular weight is 279 g/mol. The molecule has 2 rings (SSSR count). The predicted molar refractivity (Wildman–Crippen MR) is 80.1 cm³/mol. The SMILES string of the molecule is CCCCN(CCC(NC)c1ccc(F)cn1)C1CC1. The molecule has 1 fully saturated rings. The topological polar surface area (TPSA) is 28.2 Å². The van der Waals surface area contributed by atoms with Gasteiger partial charge in [-0.2, -0.15) is 0 Å². The summed E-state index contributed by atoms with van der Waals surface area (Å²) in [6.45, 7) is 4.54. The largest absolute Gasteiger partial charge is 0.312 e. The molecule has 1 saturated carbocycles. The van der Waals surface area contributed by atoms with E-state index in [2.05, 4.69) is 22.1 Å². The third kappa shape index (κ3) is 4.53. The highest BCUT2D eigenvalue weighted by Gasteiger charge is 2.28. The molecule has 1 unspecified atom stereocenters. The van der Waals surface area contributed by atoms with Gasteiger partial charge < -0.3 is 10.2 Å². The summed E-state index contributed by atoms with van der Waals surface area (Å²) in [4.78, 5) is 6.80. The van der Waals surface area contributed by atoms with Crippen LogP contribution in [-0.4, -0.2) is 36.1 Å². The van der Waals surface area contributed by atoms with Gasteiger partial charge in [0.25, 0.3) is 0 Å². The van der Waals surface area contributed by atoms with Crippen LogP contribution in [0.15, 0.2) is 18.3 Å². The lowest BCUT2D eigenvalue weighted by Gasteiger charge is -2.24. The van der Waals surface area contributed by atoms with Crippen molar-refractivity contribution in [2.75, 3.05) is 20.1 Å². The van der Waals surface area contributed by atoms with Crippen LogP contribution in [0.1, 0.15) is 50.8 Å². The minimum Gasteiger partial charge on any atom is -0.312 e. The van der Waals surface area contributed by atoms with Crippen LogP contribution in [0.2, 0.25) is 0 Å². The Hall–Kier alpha value is -1.00. The van der Waals surface area contributed by atoms with E-state index in [4.69, 9.17) is 0 Å². The standard InChI is InChI=1S/C16H26FN3/c1-3-4-10-20(14-6-7-14)11-9-15(18-2)16-8-5-13(17)12-19-16/h5,8,12,14-15,18H,3-4,6-7,9-11H2,1-2H3. The maximum absolute atomic E-state index is 12.9. The van der Waals surface area contributed by atoms with Crippen molar-refractivity contribution in [3.8, 4) is 0 Å². The average Bonchev–Trinajstić information content (AvgIpc) is 3.29. The Kier molecular flexibility index (Phi) is 5.92. The van der Waals surface area contributed by atoms with Crippen molar-refractivity contribution in [3.63, 3.8) is 0 Å². The first kappa shape index (κ1) is 15.4. The molecule has 1 aromatic rings. The van der Waals surface area contributed by atoms with E-state index in [0.717, 1.165) is 24.7 Å². The molecule has 4 heteroatoms. The first-order valence-corrected chi connectivity index (χ1v) is 7.77. The van der Waals surface area contributed by atoms with Crippen molar-refractivity contribution < 1.29 is 4.39 Å². The van der Waals surface area contributed by atoms with Gasteiger partial charge in [0.05, 0.1) is 17.9 Å². The number of nitrogens with zero attached hydrogens (tertiary/aromatic N) is 2. The van der Waals surface area contributed by atoms with Crippen LogP contribution in [0.25, 0.3) is 0 Å². The van der Waals surface area contributed by atoms with Crippen molar-refractivity contribution in [2.45, 2.75) is 51.1 Å². The summed E-state index contributed by atoms with van der Waals surface area (Å²) < 4.78 is 12.9. The highest BCUT2D eigenvalue weighted by Crippen LogP contribution is 2.28. The van der Waals surface area contributed by atoms with Crippen LogP contribution in [0.4, 0.5) is 4.39 Å². The highest BCUT2D eigenvalue weighted by molar-refractivity contribution is 5.09. The molecule has 0 aliphatic heterocycles. The Morgan fingerprint density at radius 3 is 2.75 bits per heavy atom. The summed E-state index contributed by atoms with van der Waals surface area (Å²) in [6.07, 6.45) is 7.55. The van der Waals surface area contributed by atoms with Gasteiger partial charge in [-0.3, -0.25) is 4.98 Å². The second-order valence-electron chi connectivity index (χ2n) is 5.65. The fourth-order valence-electron chi connectivity index (χ4n) is 2.61. The van der Waals surface area contributed by atoms with Crippen LogP contribution in [-0.2, 0) is 0 Å². The molecule has 0 aromatic carbocycles. The molecular formula is C16H26FN3. The molecule has 1 N–H and O–H groups in total. The molecule has 0 amide bonds. The summed E-state index contributed by atoms with van der Waals surface area (Å²) in [5, 5.41) is 3.30. The molecule has 0 saturated heterocycles. The molecule has 20 heavy (non-hydrogen) atoms. The van der Waals surface area contributed by atoms with Gasteiger partial charge in [-0.05, 0) is 51.4 Å².